The summed E-state index contributed by atoms with van der Waals surface area (Å²) in [7, 11) is 1.61. The second kappa shape index (κ2) is 10.9. The average molecular weight is 403 g/mol. The van der Waals surface area contributed by atoms with E-state index < -0.39 is 0 Å². The summed E-state index contributed by atoms with van der Waals surface area (Å²) >= 11 is 1.59. The lowest BCUT2D eigenvalue weighted by Crippen LogP contribution is -2.39. The number of anilines is 1. The second-order valence-electron chi connectivity index (χ2n) is 6.98. The van der Waals surface area contributed by atoms with Crippen LogP contribution in [0.25, 0.3) is 6.08 Å². The van der Waals surface area contributed by atoms with Crippen LogP contribution in [-0.4, -0.2) is 43.2 Å². The lowest BCUT2D eigenvalue weighted by Gasteiger charge is -2.30. The molecule has 0 saturated carbocycles. The Morgan fingerprint density at radius 1 is 1.18 bits per heavy atom. The van der Waals surface area contributed by atoms with Crippen LogP contribution in [0.2, 0.25) is 0 Å². The van der Waals surface area contributed by atoms with Crippen molar-refractivity contribution in [3.63, 3.8) is 0 Å². The highest BCUT2D eigenvalue weighted by Crippen LogP contribution is 2.30. The molecule has 28 heavy (non-hydrogen) atoms. The van der Waals surface area contributed by atoms with Gasteiger partial charge in [0.1, 0.15) is 6.61 Å². The van der Waals surface area contributed by atoms with Crippen molar-refractivity contribution in [2.75, 3.05) is 25.6 Å². The Morgan fingerprint density at radius 2 is 1.93 bits per heavy atom. The average Bonchev–Trinajstić information content (AvgIpc) is 3.16. The first-order valence-electron chi connectivity index (χ1n) is 9.50. The fourth-order valence-electron chi connectivity index (χ4n) is 2.97. The maximum Gasteiger partial charge on any atom is 0.248 e. The maximum atomic E-state index is 12.2. The minimum atomic E-state index is -0.185. The van der Waals surface area contributed by atoms with Gasteiger partial charge in [-0.05, 0) is 57.4 Å². The lowest BCUT2D eigenvalue weighted by molar-refractivity contribution is -0.111. The first-order chi connectivity index (χ1) is 13.4. The molecule has 0 unspecified atom stereocenters. The molecule has 1 heterocycles. The smallest absolute Gasteiger partial charge is 0.248 e. The molecule has 1 aromatic heterocycles. The third-order valence-electron chi connectivity index (χ3n) is 4.31. The SMILES string of the molecule is COc1ccc(NC(=O)C=Cc2cccs2)cc1OCCN(C(C)C)C(C)C. The van der Waals surface area contributed by atoms with Crippen molar-refractivity contribution in [3.05, 3.63) is 46.7 Å². The summed E-state index contributed by atoms with van der Waals surface area (Å²) in [6.07, 6.45) is 3.33. The standard InChI is InChI=1S/C22H30N2O3S/c1-16(2)24(17(3)4)12-13-27-21-15-18(8-10-20(21)26-5)23-22(25)11-9-19-7-6-14-28-19/h6-11,14-17H,12-13H2,1-5H3,(H,23,25). The number of carbonyl (C=O) groups excluding carboxylic acids is 1. The molecule has 6 heteroatoms. The van der Waals surface area contributed by atoms with Gasteiger partial charge >= 0.3 is 0 Å². The largest absolute Gasteiger partial charge is 0.493 e. The molecule has 1 amide bonds. The Bertz CT molecular complexity index is 762. The van der Waals surface area contributed by atoms with Gasteiger partial charge in [-0.1, -0.05) is 6.07 Å². The Morgan fingerprint density at radius 3 is 2.54 bits per heavy atom. The molecule has 0 aliphatic carbocycles. The third-order valence-corrected chi connectivity index (χ3v) is 5.14. The minimum absolute atomic E-state index is 0.185. The van der Waals surface area contributed by atoms with Crippen LogP contribution in [0.5, 0.6) is 11.5 Å². The van der Waals surface area contributed by atoms with E-state index in [1.54, 1.807) is 42.7 Å². The molecule has 0 aliphatic rings. The van der Waals surface area contributed by atoms with E-state index in [9.17, 15) is 4.79 Å². The molecule has 2 aromatic rings. The minimum Gasteiger partial charge on any atom is -0.493 e. The molecule has 0 aliphatic heterocycles. The molecule has 0 fully saturated rings. The lowest BCUT2D eigenvalue weighted by atomic mass is 10.2. The first-order valence-corrected chi connectivity index (χ1v) is 10.4. The van der Waals surface area contributed by atoms with Crippen LogP contribution in [0.15, 0.2) is 41.8 Å². The van der Waals surface area contributed by atoms with Crippen LogP contribution in [0, 0.1) is 0 Å². The molecule has 1 aromatic carbocycles. The van der Waals surface area contributed by atoms with Gasteiger partial charge in [0.2, 0.25) is 5.91 Å². The molecule has 0 bridgehead atoms. The van der Waals surface area contributed by atoms with E-state index in [1.807, 2.05) is 17.5 Å². The number of hydrogen-bond donors (Lipinski definition) is 1. The molecule has 0 spiro atoms. The molecule has 2 rings (SSSR count). The summed E-state index contributed by atoms with van der Waals surface area (Å²) < 4.78 is 11.4. The zero-order chi connectivity index (χ0) is 20.5. The number of carbonyl (C=O) groups is 1. The molecule has 0 atom stereocenters. The summed E-state index contributed by atoms with van der Waals surface area (Å²) in [5.74, 6) is 1.08. The van der Waals surface area contributed by atoms with Crippen LogP contribution >= 0.6 is 11.3 Å². The number of nitrogens with zero attached hydrogens (tertiary/aromatic N) is 1. The number of hydrogen-bond acceptors (Lipinski definition) is 5. The van der Waals surface area contributed by atoms with Crippen LogP contribution < -0.4 is 14.8 Å². The fourth-order valence-corrected chi connectivity index (χ4v) is 3.59. The predicted octanol–water partition coefficient (Wildman–Crippen LogP) is 4.91. The summed E-state index contributed by atoms with van der Waals surface area (Å²) in [6, 6.07) is 10.2. The highest BCUT2D eigenvalue weighted by atomic mass is 32.1. The fraction of sp³-hybridized carbons (Fsp3) is 0.409. The van der Waals surface area contributed by atoms with Gasteiger partial charge in [0.25, 0.3) is 0 Å². The number of ether oxygens (including phenoxy) is 2. The normalized spacial score (nSPS) is 11.6. The Hall–Kier alpha value is -2.31. The molecule has 0 saturated heterocycles. The van der Waals surface area contributed by atoms with Crippen molar-refractivity contribution in [2.24, 2.45) is 0 Å². The molecule has 5 nitrogen and oxygen atoms in total. The zero-order valence-corrected chi connectivity index (χ0v) is 18.1. The van der Waals surface area contributed by atoms with Crippen molar-refractivity contribution in [1.29, 1.82) is 0 Å². The monoisotopic (exact) mass is 402 g/mol. The maximum absolute atomic E-state index is 12.2. The topological polar surface area (TPSA) is 50.8 Å². The summed E-state index contributed by atoms with van der Waals surface area (Å²) in [6.45, 7) is 10.1. The number of nitrogens with one attached hydrogen (secondary N) is 1. The van der Waals surface area contributed by atoms with Crippen molar-refractivity contribution >= 4 is 29.0 Å². The van der Waals surface area contributed by atoms with Crippen molar-refractivity contribution in [2.45, 2.75) is 39.8 Å². The van der Waals surface area contributed by atoms with Crippen molar-refractivity contribution in [1.82, 2.24) is 4.90 Å². The number of thiophene rings is 1. The zero-order valence-electron chi connectivity index (χ0n) is 17.3. The molecular formula is C22H30N2O3S. The summed E-state index contributed by atoms with van der Waals surface area (Å²) in [5.41, 5.74) is 0.668. The van der Waals surface area contributed by atoms with Gasteiger partial charge in [-0.2, -0.15) is 0 Å². The van der Waals surface area contributed by atoms with Gasteiger partial charge in [0.05, 0.1) is 7.11 Å². The predicted molar refractivity (Wildman–Crippen MR) is 117 cm³/mol. The van der Waals surface area contributed by atoms with Gasteiger partial charge in [-0.15, -0.1) is 11.3 Å². The van der Waals surface area contributed by atoms with E-state index in [1.165, 1.54) is 6.08 Å². The summed E-state index contributed by atoms with van der Waals surface area (Å²) in [4.78, 5) is 15.6. The Kier molecular flexibility index (Phi) is 8.54. The van der Waals surface area contributed by atoms with Gasteiger partial charge in [-0.3, -0.25) is 9.69 Å². The number of amides is 1. The molecule has 1 N–H and O–H groups in total. The quantitative estimate of drug-likeness (QED) is 0.574. The first kappa shape index (κ1) is 22.0. The molecule has 152 valence electrons. The second-order valence-corrected chi connectivity index (χ2v) is 7.96. The van der Waals surface area contributed by atoms with E-state index in [-0.39, 0.29) is 5.91 Å². The highest BCUT2D eigenvalue weighted by Gasteiger charge is 2.14. The van der Waals surface area contributed by atoms with Crippen molar-refractivity contribution < 1.29 is 14.3 Å². The van der Waals surface area contributed by atoms with E-state index in [0.29, 0.717) is 35.9 Å². The Labute approximate surface area is 172 Å². The van der Waals surface area contributed by atoms with Crippen LogP contribution in [0.3, 0.4) is 0 Å². The van der Waals surface area contributed by atoms with E-state index in [0.717, 1.165) is 11.4 Å². The third kappa shape index (κ3) is 6.69. The van der Waals surface area contributed by atoms with E-state index in [4.69, 9.17) is 9.47 Å². The van der Waals surface area contributed by atoms with E-state index >= 15 is 0 Å². The van der Waals surface area contributed by atoms with Crippen LogP contribution in [-0.2, 0) is 4.79 Å². The molecular weight excluding hydrogens is 372 g/mol. The van der Waals surface area contributed by atoms with Crippen LogP contribution in [0.1, 0.15) is 32.6 Å². The van der Waals surface area contributed by atoms with Gasteiger partial charge in [-0.25, -0.2) is 0 Å². The van der Waals surface area contributed by atoms with Gasteiger partial charge < -0.3 is 14.8 Å². The Balaban J connectivity index is 1.99. The van der Waals surface area contributed by atoms with E-state index in [2.05, 4.69) is 37.9 Å². The van der Waals surface area contributed by atoms with Gasteiger partial charge in [0, 0.05) is 41.3 Å². The van der Waals surface area contributed by atoms with Crippen molar-refractivity contribution in [3.8, 4) is 11.5 Å². The number of methoxy groups -OCH3 is 1. The summed E-state index contributed by atoms with van der Waals surface area (Å²) in [5, 5.41) is 4.84. The molecule has 0 radical (unpaired) electrons. The van der Waals surface area contributed by atoms with Crippen LogP contribution in [0.4, 0.5) is 5.69 Å². The number of benzene rings is 1. The highest BCUT2D eigenvalue weighted by molar-refractivity contribution is 7.10. The van der Waals surface area contributed by atoms with Gasteiger partial charge in [0.15, 0.2) is 11.5 Å². The number of rotatable bonds is 10.